The first-order chi connectivity index (χ1) is 12.4. The first-order valence-corrected chi connectivity index (χ1v) is 10.3. The first-order valence-electron chi connectivity index (χ1n) is 8.82. The monoisotopic (exact) mass is 380 g/mol. The Kier molecular flexibility index (Phi) is 5.59. The summed E-state index contributed by atoms with van der Waals surface area (Å²) in [5.74, 6) is -0.185. The topological polar surface area (TPSA) is 130 Å². The van der Waals surface area contributed by atoms with Crippen LogP contribution >= 0.6 is 0 Å². The van der Waals surface area contributed by atoms with E-state index in [4.69, 9.17) is 5.73 Å². The van der Waals surface area contributed by atoms with Gasteiger partial charge in [-0.15, -0.1) is 0 Å². The number of benzene rings is 1. The number of amides is 2. The van der Waals surface area contributed by atoms with E-state index >= 15 is 0 Å². The van der Waals surface area contributed by atoms with E-state index in [9.17, 15) is 18.0 Å². The minimum absolute atomic E-state index is 0.0576. The Balaban J connectivity index is 1.57. The number of hydrogen-bond acceptors (Lipinski definition) is 5. The largest absolute Gasteiger partial charge is 0.353 e. The van der Waals surface area contributed by atoms with Crippen LogP contribution in [0.5, 0.6) is 0 Å². The van der Waals surface area contributed by atoms with Crippen molar-refractivity contribution < 1.29 is 18.0 Å². The van der Waals surface area contributed by atoms with Crippen LogP contribution in [0.4, 0.5) is 5.69 Å². The van der Waals surface area contributed by atoms with Crippen LogP contribution in [0.25, 0.3) is 0 Å². The van der Waals surface area contributed by atoms with Crippen LogP contribution in [0, 0.1) is 0 Å². The number of carbonyl (C=O) groups excluding carboxylic acids is 2. The molecule has 0 aromatic heterocycles. The lowest BCUT2D eigenvalue weighted by molar-refractivity contribution is -0.121. The van der Waals surface area contributed by atoms with Gasteiger partial charge in [0, 0.05) is 30.7 Å². The Morgan fingerprint density at radius 1 is 1.19 bits per heavy atom. The van der Waals surface area contributed by atoms with E-state index in [1.54, 1.807) is 12.1 Å². The van der Waals surface area contributed by atoms with Gasteiger partial charge in [-0.1, -0.05) is 0 Å². The lowest BCUT2D eigenvalue weighted by Crippen LogP contribution is -2.44. The molecule has 5 N–H and O–H groups in total. The molecule has 0 bridgehead atoms. The maximum absolute atomic E-state index is 12.6. The van der Waals surface area contributed by atoms with Gasteiger partial charge >= 0.3 is 0 Å². The van der Waals surface area contributed by atoms with Crippen LogP contribution in [-0.4, -0.2) is 38.9 Å². The van der Waals surface area contributed by atoms with Gasteiger partial charge < -0.3 is 16.4 Å². The average Bonchev–Trinajstić information content (AvgIpc) is 2.95. The van der Waals surface area contributed by atoms with Crippen LogP contribution in [0.3, 0.4) is 0 Å². The maximum atomic E-state index is 12.6. The van der Waals surface area contributed by atoms with Crippen LogP contribution in [0.2, 0.25) is 0 Å². The van der Waals surface area contributed by atoms with Gasteiger partial charge in [0.05, 0.1) is 11.3 Å². The Hall–Kier alpha value is -1.97. The van der Waals surface area contributed by atoms with Crippen LogP contribution in [-0.2, 0) is 26.0 Å². The molecular weight excluding hydrogens is 356 g/mol. The minimum atomic E-state index is -3.64. The highest BCUT2D eigenvalue weighted by molar-refractivity contribution is 7.89. The zero-order chi connectivity index (χ0) is 18.7. The van der Waals surface area contributed by atoms with E-state index < -0.39 is 10.0 Å². The summed E-state index contributed by atoms with van der Waals surface area (Å²) in [4.78, 5) is 23.2. The first kappa shape index (κ1) is 18.8. The van der Waals surface area contributed by atoms with Crippen molar-refractivity contribution in [3.63, 3.8) is 0 Å². The molecule has 0 atom stereocenters. The van der Waals surface area contributed by atoms with E-state index in [1.165, 1.54) is 6.07 Å². The molecular formula is C17H24N4O4S. The summed E-state index contributed by atoms with van der Waals surface area (Å²) in [6.07, 6.45) is 3.29. The number of sulfonamides is 1. The Morgan fingerprint density at radius 3 is 2.58 bits per heavy atom. The number of carbonyl (C=O) groups is 2. The fraction of sp³-hybridized carbons (Fsp3) is 0.529. The van der Waals surface area contributed by atoms with Crippen molar-refractivity contribution in [1.82, 2.24) is 10.0 Å². The molecule has 1 aliphatic heterocycles. The highest BCUT2D eigenvalue weighted by atomic mass is 32.2. The second-order valence-electron chi connectivity index (χ2n) is 6.82. The standard InChI is InChI=1S/C17H24N4O4S/c18-8-7-16(22)19-12-1-3-13(4-2-12)21-26(24,25)14-5-6-15-11(9-14)10-17(23)20-15/h5-6,9,12-13,21H,1-4,7-8,10,18H2,(H,19,22)(H,20,23). The van der Waals surface area contributed by atoms with Gasteiger partial charge in [0.2, 0.25) is 21.8 Å². The molecule has 9 heteroatoms. The lowest BCUT2D eigenvalue weighted by Gasteiger charge is -2.29. The normalized spacial score (nSPS) is 22.6. The molecule has 1 heterocycles. The zero-order valence-electron chi connectivity index (χ0n) is 14.5. The van der Waals surface area contributed by atoms with E-state index in [0.717, 1.165) is 12.8 Å². The van der Waals surface area contributed by atoms with Gasteiger partial charge in [-0.05, 0) is 49.4 Å². The van der Waals surface area contributed by atoms with E-state index in [0.29, 0.717) is 37.1 Å². The second-order valence-corrected chi connectivity index (χ2v) is 8.53. The molecule has 142 valence electrons. The lowest BCUT2D eigenvalue weighted by atomic mass is 9.92. The number of nitrogens with one attached hydrogen (secondary N) is 3. The molecule has 0 unspecified atom stereocenters. The predicted octanol–water partition coefficient (Wildman–Crippen LogP) is 0.236. The number of rotatable bonds is 6. The summed E-state index contributed by atoms with van der Waals surface area (Å²) in [6, 6.07) is 4.60. The van der Waals surface area contributed by atoms with Crippen molar-refractivity contribution in [3.05, 3.63) is 23.8 Å². The predicted molar refractivity (Wildman–Crippen MR) is 97.0 cm³/mol. The third-order valence-corrected chi connectivity index (χ3v) is 6.32. The van der Waals surface area contributed by atoms with Crippen molar-refractivity contribution in [2.75, 3.05) is 11.9 Å². The highest BCUT2D eigenvalue weighted by Crippen LogP contribution is 2.27. The Morgan fingerprint density at radius 2 is 1.88 bits per heavy atom. The van der Waals surface area contributed by atoms with Gasteiger partial charge in [0.25, 0.3) is 0 Å². The zero-order valence-corrected chi connectivity index (χ0v) is 15.3. The van der Waals surface area contributed by atoms with Crippen molar-refractivity contribution in [1.29, 1.82) is 0 Å². The minimum Gasteiger partial charge on any atom is -0.353 e. The van der Waals surface area contributed by atoms with Gasteiger partial charge in [0.1, 0.15) is 0 Å². The number of hydrogen-bond donors (Lipinski definition) is 4. The number of anilines is 1. The molecule has 1 aromatic rings. The van der Waals surface area contributed by atoms with Gasteiger partial charge in [-0.25, -0.2) is 13.1 Å². The molecule has 3 rings (SSSR count). The molecule has 8 nitrogen and oxygen atoms in total. The van der Waals surface area contributed by atoms with Crippen molar-refractivity contribution in [2.24, 2.45) is 5.73 Å². The quantitative estimate of drug-likeness (QED) is 0.561. The van der Waals surface area contributed by atoms with E-state index in [2.05, 4.69) is 15.4 Å². The summed E-state index contributed by atoms with van der Waals surface area (Å²) in [5, 5.41) is 5.62. The summed E-state index contributed by atoms with van der Waals surface area (Å²) in [7, 11) is -3.64. The maximum Gasteiger partial charge on any atom is 0.240 e. The average molecular weight is 380 g/mol. The smallest absolute Gasteiger partial charge is 0.240 e. The van der Waals surface area contributed by atoms with E-state index in [1.807, 2.05) is 0 Å². The van der Waals surface area contributed by atoms with Crippen molar-refractivity contribution >= 4 is 27.5 Å². The summed E-state index contributed by atoms with van der Waals surface area (Å²) >= 11 is 0. The number of fused-ring (bicyclic) bond motifs is 1. The van der Waals surface area contributed by atoms with Crippen LogP contribution in [0.15, 0.2) is 23.1 Å². The molecule has 0 spiro atoms. The summed E-state index contributed by atoms with van der Waals surface area (Å²) in [6.45, 7) is 0.322. The molecule has 2 amide bonds. The van der Waals surface area contributed by atoms with Crippen molar-refractivity contribution in [2.45, 2.75) is 55.5 Å². The Bertz CT molecular complexity index is 801. The molecule has 2 aliphatic rings. The highest BCUT2D eigenvalue weighted by Gasteiger charge is 2.27. The molecule has 26 heavy (non-hydrogen) atoms. The Labute approximate surface area is 153 Å². The molecule has 1 saturated carbocycles. The molecule has 1 aromatic carbocycles. The fourth-order valence-electron chi connectivity index (χ4n) is 3.45. The molecule has 0 saturated heterocycles. The van der Waals surface area contributed by atoms with Gasteiger partial charge in [-0.3, -0.25) is 9.59 Å². The van der Waals surface area contributed by atoms with Gasteiger partial charge in [-0.2, -0.15) is 0 Å². The van der Waals surface area contributed by atoms with E-state index in [-0.39, 0.29) is 35.2 Å². The van der Waals surface area contributed by atoms with Crippen LogP contribution < -0.4 is 21.1 Å². The molecule has 1 aliphatic carbocycles. The fourth-order valence-corrected chi connectivity index (χ4v) is 4.80. The van der Waals surface area contributed by atoms with Crippen LogP contribution in [0.1, 0.15) is 37.7 Å². The third-order valence-electron chi connectivity index (χ3n) is 4.80. The van der Waals surface area contributed by atoms with Crippen molar-refractivity contribution in [3.8, 4) is 0 Å². The summed E-state index contributed by atoms with van der Waals surface area (Å²) < 4.78 is 28.0. The number of nitrogens with two attached hydrogens (primary N) is 1. The summed E-state index contributed by atoms with van der Waals surface area (Å²) in [5.41, 5.74) is 6.73. The molecule has 0 radical (unpaired) electrons. The second kappa shape index (κ2) is 7.73. The third kappa shape index (κ3) is 4.40. The van der Waals surface area contributed by atoms with Gasteiger partial charge in [0.15, 0.2) is 0 Å². The molecule has 1 fully saturated rings. The SMILES string of the molecule is NCCC(=O)NC1CCC(NS(=O)(=O)c2ccc3c(c2)CC(=O)N3)CC1.